The number of aryl methyl sites for hydroxylation is 2. The van der Waals surface area contributed by atoms with Crippen LogP contribution in [0.2, 0.25) is 0 Å². The third kappa shape index (κ3) is 5.07. The zero-order chi connectivity index (χ0) is 19.2. The van der Waals surface area contributed by atoms with E-state index in [4.69, 9.17) is 9.15 Å². The molecule has 140 valence electrons. The zero-order valence-corrected chi connectivity index (χ0v) is 15.2. The van der Waals surface area contributed by atoms with Gasteiger partial charge in [0.15, 0.2) is 5.76 Å². The van der Waals surface area contributed by atoms with Gasteiger partial charge in [-0.2, -0.15) is 0 Å². The van der Waals surface area contributed by atoms with E-state index in [2.05, 4.69) is 15.3 Å². The molecular formula is C20H21N3O4. The van der Waals surface area contributed by atoms with E-state index in [0.29, 0.717) is 30.2 Å². The highest BCUT2D eigenvalue weighted by atomic mass is 16.5. The summed E-state index contributed by atoms with van der Waals surface area (Å²) in [5, 5.41) is 2.79. The lowest BCUT2D eigenvalue weighted by molar-refractivity contribution is 0.0921. The Morgan fingerprint density at radius 2 is 2.00 bits per heavy atom. The number of benzene rings is 1. The first-order valence-electron chi connectivity index (χ1n) is 8.63. The molecule has 0 aliphatic rings. The molecule has 1 amide bonds. The van der Waals surface area contributed by atoms with Gasteiger partial charge in [0.1, 0.15) is 23.9 Å². The van der Waals surface area contributed by atoms with Gasteiger partial charge >= 0.3 is 0 Å². The molecule has 0 aliphatic heterocycles. The van der Waals surface area contributed by atoms with Gasteiger partial charge in [0.05, 0.1) is 0 Å². The number of H-pyrrole nitrogens is 1. The Labute approximate surface area is 156 Å². The van der Waals surface area contributed by atoms with Crippen molar-refractivity contribution in [3.8, 4) is 5.75 Å². The van der Waals surface area contributed by atoms with Crippen molar-refractivity contribution in [3.05, 3.63) is 81.4 Å². The van der Waals surface area contributed by atoms with Crippen LogP contribution in [0.4, 0.5) is 0 Å². The number of carbonyl (C=O) groups is 1. The van der Waals surface area contributed by atoms with Gasteiger partial charge < -0.3 is 19.5 Å². The van der Waals surface area contributed by atoms with Gasteiger partial charge in [-0.3, -0.25) is 9.59 Å². The van der Waals surface area contributed by atoms with Crippen molar-refractivity contribution in [3.63, 3.8) is 0 Å². The largest absolute Gasteiger partial charge is 0.486 e. The number of rotatable bonds is 7. The summed E-state index contributed by atoms with van der Waals surface area (Å²) in [6, 6.07) is 12.6. The number of carbonyl (C=O) groups excluding carboxylic acids is 1. The van der Waals surface area contributed by atoms with Gasteiger partial charge in [0, 0.05) is 30.3 Å². The Hall–Kier alpha value is -3.35. The standard InChI is InChI=1S/C20H21N3O4/c1-13-10-17(12-26-16-6-4-3-5-7-16)27-19(13)20(25)21-9-8-15-11-18(24)23-14(2)22-15/h3-7,10-11H,8-9,12H2,1-2H3,(H,21,25)(H,22,23,24). The topological polar surface area (TPSA) is 97.2 Å². The molecule has 0 radical (unpaired) electrons. The van der Waals surface area contributed by atoms with Crippen molar-refractivity contribution in [2.24, 2.45) is 0 Å². The average Bonchev–Trinajstić information content (AvgIpc) is 3.01. The molecule has 0 bridgehead atoms. The number of aromatic amines is 1. The fourth-order valence-corrected chi connectivity index (χ4v) is 2.67. The van der Waals surface area contributed by atoms with Gasteiger partial charge in [0.2, 0.25) is 0 Å². The maximum atomic E-state index is 12.3. The van der Waals surface area contributed by atoms with Crippen LogP contribution in [0.15, 0.2) is 51.7 Å². The monoisotopic (exact) mass is 367 g/mol. The van der Waals surface area contributed by atoms with Gasteiger partial charge in [-0.25, -0.2) is 4.98 Å². The summed E-state index contributed by atoms with van der Waals surface area (Å²) in [6.07, 6.45) is 0.459. The van der Waals surface area contributed by atoms with Crippen LogP contribution in [-0.2, 0) is 13.0 Å². The number of nitrogens with zero attached hydrogens (tertiary/aromatic N) is 1. The van der Waals surface area contributed by atoms with Crippen molar-refractivity contribution in [2.75, 3.05) is 6.54 Å². The number of amides is 1. The molecule has 7 heteroatoms. The first-order chi connectivity index (χ1) is 13.0. The summed E-state index contributed by atoms with van der Waals surface area (Å²) in [7, 11) is 0. The van der Waals surface area contributed by atoms with Crippen LogP contribution < -0.4 is 15.6 Å². The van der Waals surface area contributed by atoms with Crippen LogP contribution in [-0.4, -0.2) is 22.4 Å². The van der Waals surface area contributed by atoms with E-state index in [9.17, 15) is 9.59 Å². The third-order valence-corrected chi connectivity index (χ3v) is 3.88. The average molecular weight is 367 g/mol. The normalized spacial score (nSPS) is 10.6. The number of para-hydroxylation sites is 1. The quantitative estimate of drug-likeness (QED) is 0.669. The van der Waals surface area contributed by atoms with Crippen molar-refractivity contribution in [1.29, 1.82) is 0 Å². The number of aromatic nitrogens is 2. The molecule has 2 aromatic heterocycles. The molecule has 1 aromatic carbocycles. The van der Waals surface area contributed by atoms with Gasteiger partial charge in [-0.15, -0.1) is 0 Å². The second-order valence-electron chi connectivity index (χ2n) is 6.15. The Morgan fingerprint density at radius 1 is 1.22 bits per heavy atom. The summed E-state index contributed by atoms with van der Waals surface area (Å²) in [6.45, 7) is 4.12. The van der Waals surface area contributed by atoms with Crippen molar-refractivity contribution >= 4 is 5.91 Å². The summed E-state index contributed by atoms with van der Waals surface area (Å²) >= 11 is 0. The van der Waals surface area contributed by atoms with Crippen LogP contribution >= 0.6 is 0 Å². The molecule has 27 heavy (non-hydrogen) atoms. The van der Waals surface area contributed by atoms with Crippen LogP contribution in [0.25, 0.3) is 0 Å². The summed E-state index contributed by atoms with van der Waals surface area (Å²) < 4.78 is 11.3. The Kier molecular flexibility index (Phi) is 5.71. The summed E-state index contributed by atoms with van der Waals surface area (Å²) in [5.74, 6) is 1.82. The summed E-state index contributed by atoms with van der Waals surface area (Å²) in [4.78, 5) is 30.6. The minimum atomic E-state index is -0.306. The molecule has 3 rings (SSSR count). The van der Waals surface area contributed by atoms with Crippen LogP contribution in [0, 0.1) is 13.8 Å². The van der Waals surface area contributed by atoms with Gasteiger partial charge in [0.25, 0.3) is 11.5 Å². The molecule has 0 unspecified atom stereocenters. The minimum absolute atomic E-state index is 0.200. The number of furan rings is 1. The van der Waals surface area contributed by atoms with E-state index in [1.165, 1.54) is 6.07 Å². The lowest BCUT2D eigenvalue weighted by atomic mass is 10.2. The molecule has 2 N–H and O–H groups in total. The van der Waals surface area contributed by atoms with Crippen molar-refractivity contribution in [1.82, 2.24) is 15.3 Å². The second-order valence-corrected chi connectivity index (χ2v) is 6.15. The smallest absolute Gasteiger partial charge is 0.287 e. The van der Waals surface area contributed by atoms with Crippen LogP contribution in [0.3, 0.4) is 0 Å². The Balaban J connectivity index is 1.55. The predicted octanol–water partition coefficient (Wildman–Crippen LogP) is 2.53. The van der Waals surface area contributed by atoms with Crippen LogP contribution in [0.1, 0.15) is 33.4 Å². The highest BCUT2D eigenvalue weighted by Crippen LogP contribution is 2.17. The minimum Gasteiger partial charge on any atom is -0.486 e. The molecule has 3 aromatic rings. The van der Waals surface area contributed by atoms with E-state index in [1.54, 1.807) is 13.0 Å². The van der Waals surface area contributed by atoms with E-state index in [-0.39, 0.29) is 23.8 Å². The van der Waals surface area contributed by atoms with Gasteiger partial charge in [-0.05, 0) is 32.0 Å². The van der Waals surface area contributed by atoms with E-state index >= 15 is 0 Å². The first-order valence-corrected chi connectivity index (χ1v) is 8.63. The fourth-order valence-electron chi connectivity index (χ4n) is 2.67. The van der Waals surface area contributed by atoms with E-state index in [1.807, 2.05) is 37.3 Å². The highest BCUT2D eigenvalue weighted by molar-refractivity contribution is 5.92. The maximum absolute atomic E-state index is 12.3. The number of ether oxygens (including phenoxy) is 1. The molecule has 0 aliphatic carbocycles. The van der Waals surface area contributed by atoms with Crippen molar-refractivity contribution in [2.45, 2.75) is 26.9 Å². The number of hydrogen-bond acceptors (Lipinski definition) is 5. The van der Waals surface area contributed by atoms with Gasteiger partial charge in [-0.1, -0.05) is 18.2 Å². The van der Waals surface area contributed by atoms with Crippen LogP contribution in [0.5, 0.6) is 5.75 Å². The third-order valence-electron chi connectivity index (χ3n) is 3.88. The fraction of sp³-hybridized carbons (Fsp3) is 0.250. The summed E-state index contributed by atoms with van der Waals surface area (Å²) in [5.41, 5.74) is 1.17. The number of nitrogens with one attached hydrogen (secondary N) is 2. The number of hydrogen-bond donors (Lipinski definition) is 2. The zero-order valence-electron chi connectivity index (χ0n) is 15.2. The molecule has 7 nitrogen and oxygen atoms in total. The lowest BCUT2D eigenvalue weighted by Crippen LogP contribution is -2.26. The highest BCUT2D eigenvalue weighted by Gasteiger charge is 2.16. The SMILES string of the molecule is Cc1nc(CCNC(=O)c2oc(COc3ccccc3)cc2C)cc(=O)[nH]1. The molecule has 0 spiro atoms. The van der Waals surface area contributed by atoms with E-state index in [0.717, 1.165) is 11.3 Å². The molecular weight excluding hydrogens is 346 g/mol. The molecule has 0 saturated heterocycles. The predicted molar refractivity (Wildman–Crippen MR) is 99.9 cm³/mol. The van der Waals surface area contributed by atoms with E-state index < -0.39 is 0 Å². The first kappa shape index (κ1) is 18.4. The Bertz CT molecular complexity index is 976. The molecule has 0 fully saturated rings. The van der Waals surface area contributed by atoms with Crippen molar-refractivity contribution < 1.29 is 13.9 Å². The molecule has 0 saturated carbocycles. The lowest BCUT2D eigenvalue weighted by Gasteiger charge is -2.05. The second kappa shape index (κ2) is 8.35. The molecule has 0 atom stereocenters. The Morgan fingerprint density at radius 3 is 2.74 bits per heavy atom. The molecule has 2 heterocycles. The maximum Gasteiger partial charge on any atom is 0.287 e.